The van der Waals surface area contributed by atoms with Gasteiger partial charge in [-0.15, -0.1) is 0 Å². The zero-order valence-electron chi connectivity index (χ0n) is 6.29. The minimum atomic E-state index is -0.800. The molecule has 0 amide bonds. The topological polar surface area (TPSA) is 69.6 Å². The molecular weight excluding hydrogens is 146 g/mol. The molecule has 0 aromatic carbocycles. The van der Waals surface area contributed by atoms with Gasteiger partial charge in [0.1, 0.15) is 0 Å². The van der Waals surface area contributed by atoms with Crippen LogP contribution in [0.2, 0.25) is 0 Å². The fraction of sp³-hybridized carbons (Fsp3) is 0.857. The molecule has 4 heteroatoms. The van der Waals surface area contributed by atoms with Crippen molar-refractivity contribution >= 4 is 5.97 Å². The highest BCUT2D eigenvalue weighted by Gasteiger charge is 2.24. The van der Waals surface area contributed by atoms with E-state index >= 15 is 0 Å². The standard InChI is InChI=1S/C7H13NO3/c9-6-3-4-8-5(6)1-2-7(10)11/h5-6,8-9H,1-4H2,(H,10,11). The zero-order valence-corrected chi connectivity index (χ0v) is 6.29. The van der Waals surface area contributed by atoms with Gasteiger partial charge in [-0.25, -0.2) is 0 Å². The number of aliphatic carboxylic acids is 1. The van der Waals surface area contributed by atoms with Crippen LogP contribution in [0.3, 0.4) is 0 Å². The largest absolute Gasteiger partial charge is 0.481 e. The quantitative estimate of drug-likeness (QED) is 0.523. The Labute approximate surface area is 65.2 Å². The van der Waals surface area contributed by atoms with E-state index < -0.39 is 5.97 Å². The molecule has 2 atom stereocenters. The van der Waals surface area contributed by atoms with Crippen LogP contribution in [-0.2, 0) is 4.79 Å². The van der Waals surface area contributed by atoms with Gasteiger partial charge in [0.15, 0.2) is 0 Å². The molecule has 0 bridgehead atoms. The van der Waals surface area contributed by atoms with Crippen LogP contribution in [0.25, 0.3) is 0 Å². The maximum Gasteiger partial charge on any atom is 0.303 e. The van der Waals surface area contributed by atoms with Crippen LogP contribution in [0, 0.1) is 0 Å². The number of carboxylic acid groups (broad SMARTS) is 1. The first-order valence-corrected chi connectivity index (χ1v) is 3.83. The van der Waals surface area contributed by atoms with E-state index in [4.69, 9.17) is 5.11 Å². The van der Waals surface area contributed by atoms with E-state index in [1.165, 1.54) is 0 Å². The molecule has 1 aliphatic heterocycles. The Kier molecular flexibility index (Phi) is 2.84. The average Bonchev–Trinajstić information content (AvgIpc) is 2.31. The fourth-order valence-corrected chi connectivity index (χ4v) is 1.33. The van der Waals surface area contributed by atoms with Gasteiger partial charge in [0.05, 0.1) is 6.10 Å². The van der Waals surface area contributed by atoms with E-state index in [1.54, 1.807) is 0 Å². The second kappa shape index (κ2) is 3.69. The van der Waals surface area contributed by atoms with E-state index in [-0.39, 0.29) is 18.6 Å². The van der Waals surface area contributed by atoms with Crippen molar-refractivity contribution in [3.05, 3.63) is 0 Å². The summed E-state index contributed by atoms with van der Waals surface area (Å²) in [4.78, 5) is 10.2. The lowest BCUT2D eigenvalue weighted by atomic mass is 10.1. The van der Waals surface area contributed by atoms with Gasteiger partial charge in [0.25, 0.3) is 0 Å². The summed E-state index contributed by atoms with van der Waals surface area (Å²) in [6, 6.07) is -0.00824. The number of hydrogen-bond acceptors (Lipinski definition) is 3. The lowest BCUT2D eigenvalue weighted by Crippen LogP contribution is -2.30. The van der Waals surface area contributed by atoms with Crippen LogP contribution in [0.4, 0.5) is 0 Å². The van der Waals surface area contributed by atoms with Crippen molar-refractivity contribution in [2.45, 2.75) is 31.4 Å². The SMILES string of the molecule is O=C(O)CCC1NCCC1O. The fourth-order valence-electron chi connectivity index (χ4n) is 1.33. The van der Waals surface area contributed by atoms with Crippen LogP contribution < -0.4 is 5.32 Å². The minimum Gasteiger partial charge on any atom is -0.481 e. The van der Waals surface area contributed by atoms with Crippen molar-refractivity contribution in [2.24, 2.45) is 0 Å². The third-order valence-electron chi connectivity index (χ3n) is 1.98. The van der Waals surface area contributed by atoms with Crippen LogP contribution >= 0.6 is 0 Å². The summed E-state index contributed by atoms with van der Waals surface area (Å²) in [6.45, 7) is 0.797. The lowest BCUT2D eigenvalue weighted by molar-refractivity contribution is -0.137. The average molecular weight is 159 g/mol. The maximum absolute atomic E-state index is 10.2. The first kappa shape index (κ1) is 8.49. The number of hydrogen-bond donors (Lipinski definition) is 3. The summed E-state index contributed by atoms with van der Waals surface area (Å²) in [5.41, 5.74) is 0. The second-order valence-electron chi connectivity index (χ2n) is 2.85. The van der Waals surface area contributed by atoms with Gasteiger partial charge in [0.2, 0.25) is 0 Å². The van der Waals surface area contributed by atoms with Crippen LogP contribution in [0.15, 0.2) is 0 Å². The normalized spacial score (nSPS) is 30.6. The Morgan fingerprint density at radius 3 is 2.82 bits per heavy atom. The molecule has 0 aromatic rings. The Morgan fingerprint density at radius 2 is 2.36 bits per heavy atom. The highest BCUT2D eigenvalue weighted by atomic mass is 16.4. The van der Waals surface area contributed by atoms with E-state index in [1.807, 2.05) is 0 Å². The molecule has 1 aliphatic rings. The number of aliphatic hydroxyl groups excluding tert-OH is 1. The zero-order chi connectivity index (χ0) is 8.27. The van der Waals surface area contributed by atoms with Gasteiger partial charge in [-0.2, -0.15) is 0 Å². The van der Waals surface area contributed by atoms with Crippen molar-refractivity contribution in [1.82, 2.24) is 5.32 Å². The van der Waals surface area contributed by atoms with E-state index in [0.717, 1.165) is 13.0 Å². The monoisotopic (exact) mass is 159 g/mol. The summed E-state index contributed by atoms with van der Waals surface area (Å²) >= 11 is 0. The van der Waals surface area contributed by atoms with Crippen molar-refractivity contribution < 1.29 is 15.0 Å². The van der Waals surface area contributed by atoms with Crippen molar-refractivity contribution in [1.29, 1.82) is 0 Å². The number of nitrogens with one attached hydrogen (secondary N) is 1. The van der Waals surface area contributed by atoms with E-state index in [0.29, 0.717) is 6.42 Å². The van der Waals surface area contributed by atoms with Crippen molar-refractivity contribution in [3.8, 4) is 0 Å². The smallest absolute Gasteiger partial charge is 0.303 e. The van der Waals surface area contributed by atoms with Crippen LogP contribution in [0.1, 0.15) is 19.3 Å². The summed E-state index contributed by atoms with van der Waals surface area (Å²) in [6.07, 6.45) is 1.05. The Hall–Kier alpha value is -0.610. The van der Waals surface area contributed by atoms with Gasteiger partial charge in [-0.05, 0) is 19.4 Å². The van der Waals surface area contributed by atoms with Gasteiger partial charge in [0, 0.05) is 12.5 Å². The van der Waals surface area contributed by atoms with Gasteiger partial charge in [-0.3, -0.25) is 4.79 Å². The van der Waals surface area contributed by atoms with Gasteiger partial charge in [-0.1, -0.05) is 0 Å². The molecule has 1 heterocycles. The maximum atomic E-state index is 10.2. The number of rotatable bonds is 3. The van der Waals surface area contributed by atoms with Crippen molar-refractivity contribution in [2.75, 3.05) is 6.54 Å². The molecule has 64 valence electrons. The molecule has 11 heavy (non-hydrogen) atoms. The Bertz CT molecular complexity index is 149. The molecule has 1 fully saturated rings. The van der Waals surface area contributed by atoms with E-state index in [9.17, 15) is 9.90 Å². The molecular formula is C7H13NO3. The second-order valence-corrected chi connectivity index (χ2v) is 2.85. The lowest BCUT2D eigenvalue weighted by Gasteiger charge is -2.12. The first-order valence-electron chi connectivity index (χ1n) is 3.83. The van der Waals surface area contributed by atoms with E-state index in [2.05, 4.69) is 5.32 Å². The number of carbonyl (C=O) groups is 1. The minimum absolute atomic E-state index is 0.00824. The molecule has 0 saturated carbocycles. The molecule has 0 aromatic heterocycles. The highest BCUT2D eigenvalue weighted by Crippen LogP contribution is 2.11. The van der Waals surface area contributed by atoms with Gasteiger partial charge >= 0.3 is 5.97 Å². The molecule has 0 aliphatic carbocycles. The first-order chi connectivity index (χ1) is 5.20. The molecule has 2 unspecified atom stereocenters. The molecule has 3 N–H and O–H groups in total. The Balaban J connectivity index is 2.20. The third-order valence-corrected chi connectivity index (χ3v) is 1.98. The van der Waals surface area contributed by atoms with Crippen LogP contribution in [-0.4, -0.2) is 34.9 Å². The summed E-state index contributed by atoms with van der Waals surface area (Å²) < 4.78 is 0. The molecule has 0 radical (unpaired) electrons. The highest BCUT2D eigenvalue weighted by molar-refractivity contribution is 5.66. The molecule has 0 spiro atoms. The van der Waals surface area contributed by atoms with Gasteiger partial charge < -0.3 is 15.5 Å². The predicted octanol–water partition coefficient (Wildman–Crippen LogP) is -0.426. The summed E-state index contributed by atoms with van der Waals surface area (Å²) in [5.74, 6) is -0.800. The summed E-state index contributed by atoms with van der Waals surface area (Å²) in [7, 11) is 0. The van der Waals surface area contributed by atoms with Crippen LogP contribution in [0.5, 0.6) is 0 Å². The molecule has 1 saturated heterocycles. The number of aliphatic hydroxyl groups is 1. The predicted molar refractivity (Wildman–Crippen MR) is 39.3 cm³/mol. The summed E-state index contributed by atoms with van der Waals surface area (Å²) in [5, 5.41) is 20.6. The number of carboxylic acids is 1. The Morgan fingerprint density at radius 1 is 1.64 bits per heavy atom. The van der Waals surface area contributed by atoms with Crippen molar-refractivity contribution in [3.63, 3.8) is 0 Å². The molecule has 4 nitrogen and oxygen atoms in total. The molecule has 1 rings (SSSR count). The third kappa shape index (κ3) is 2.48.